The van der Waals surface area contributed by atoms with Crippen molar-refractivity contribution in [2.45, 2.75) is 43.8 Å². The van der Waals surface area contributed by atoms with E-state index in [-0.39, 0.29) is 42.5 Å². The Labute approximate surface area is 279 Å². The molecule has 0 atom stereocenters. The van der Waals surface area contributed by atoms with Crippen LogP contribution in [0.25, 0.3) is 12.2 Å². The number of halogens is 7. The van der Waals surface area contributed by atoms with E-state index in [0.29, 0.717) is 11.3 Å². The average Bonchev–Trinajstić information content (AvgIpc) is 2.96. The van der Waals surface area contributed by atoms with Crippen LogP contribution in [-0.2, 0) is 20.9 Å². The third-order valence-corrected chi connectivity index (χ3v) is 9.16. The summed E-state index contributed by atoms with van der Waals surface area (Å²) >= 11 is 6.09. The minimum atomic E-state index is -5.05. The maximum absolute atomic E-state index is 13.9. The van der Waals surface area contributed by atoms with Gasteiger partial charge in [0.15, 0.2) is 0 Å². The van der Waals surface area contributed by atoms with Crippen LogP contribution in [0, 0.1) is 0 Å². The Balaban J connectivity index is 1.73. The summed E-state index contributed by atoms with van der Waals surface area (Å²) in [4.78, 5) is 15.2. The number of rotatable bonds is 8. The Bertz CT molecular complexity index is 1790. The Morgan fingerprint density at radius 3 is 2.27 bits per heavy atom. The second-order valence-corrected chi connectivity index (χ2v) is 14.0. The van der Waals surface area contributed by atoms with Gasteiger partial charge < -0.3 is 19.3 Å². The first kappa shape index (κ1) is 36.7. The highest BCUT2D eigenvalue weighted by Crippen LogP contribution is 2.40. The first-order chi connectivity index (χ1) is 22.2. The molecule has 0 unspecified atom stereocenters. The number of carbonyl (C=O) groups excluding carboxylic acids is 1. The number of likely N-dealkylation sites (N-methyl/N-ethyl adjacent to an activating group) is 1. The number of alkyl halides is 6. The van der Waals surface area contributed by atoms with Crippen LogP contribution >= 0.6 is 11.6 Å². The fourth-order valence-corrected chi connectivity index (χ4v) is 6.57. The number of ether oxygens (including phenoxy) is 2. The average molecular weight is 720 g/mol. The summed E-state index contributed by atoms with van der Waals surface area (Å²) in [7, 11) is -2.93. The number of carbonyl (C=O) groups is 1. The fraction of sp³-hybridized carbons (Fsp3) is 0.344. The van der Waals surface area contributed by atoms with Crippen molar-refractivity contribution < 1.29 is 49.0 Å². The van der Waals surface area contributed by atoms with E-state index >= 15 is 0 Å². The van der Waals surface area contributed by atoms with E-state index in [1.165, 1.54) is 35.3 Å². The van der Waals surface area contributed by atoms with E-state index in [2.05, 4.69) is 4.74 Å². The Morgan fingerprint density at radius 2 is 1.62 bits per heavy atom. The number of fused-ring (bicyclic) bond motifs is 1. The van der Waals surface area contributed by atoms with E-state index in [4.69, 9.17) is 16.3 Å². The van der Waals surface area contributed by atoms with Crippen molar-refractivity contribution in [2.75, 3.05) is 42.4 Å². The standard InChI is InChI=1S/C32H32ClF6N3O5S/c1-30(2,3)47-29(43)40(4)15-16-41-17-18-42(48(44,45)23-8-5-7-22(20-23)46-32(37,38)39)28-19-21(12-14-27(28)41)11-13-24-25(31(34,35)36)9-6-10-26(24)33/h5-14,19-20H,15-18H2,1-4H3/b13-11+. The van der Waals surface area contributed by atoms with Gasteiger partial charge in [0, 0.05) is 43.3 Å². The van der Waals surface area contributed by atoms with Crippen LogP contribution in [0.1, 0.15) is 37.5 Å². The lowest BCUT2D eigenvalue weighted by atomic mass is 10.0. The van der Waals surface area contributed by atoms with E-state index in [9.17, 15) is 39.6 Å². The van der Waals surface area contributed by atoms with Gasteiger partial charge in [-0.1, -0.05) is 42.0 Å². The van der Waals surface area contributed by atoms with Gasteiger partial charge in [-0.15, -0.1) is 13.2 Å². The Kier molecular flexibility index (Phi) is 10.5. The Morgan fingerprint density at radius 1 is 0.938 bits per heavy atom. The second kappa shape index (κ2) is 13.8. The Hall–Kier alpha value is -4.11. The molecule has 0 saturated heterocycles. The van der Waals surface area contributed by atoms with Crippen LogP contribution in [0.5, 0.6) is 5.75 Å². The summed E-state index contributed by atoms with van der Waals surface area (Å²) in [6.07, 6.45) is -7.80. The number of benzene rings is 3. The maximum Gasteiger partial charge on any atom is 0.573 e. The van der Waals surface area contributed by atoms with Crippen molar-refractivity contribution in [3.8, 4) is 5.75 Å². The van der Waals surface area contributed by atoms with Gasteiger partial charge in [0.25, 0.3) is 10.0 Å². The molecule has 0 fully saturated rings. The van der Waals surface area contributed by atoms with Crippen molar-refractivity contribution in [3.05, 3.63) is 82.4 Å². The second-order valence-electron chi connectivity index (χ2n) is 11.8. The predicted octanol–water partition coefficient (Wildman–Crippen LogP) is 8.31. The number of hydrogen-bond acceptors (Lipinski definition) is 6. The summed E-state index contributed by atoms with van der Waals surface area (Å²) in [5, 5.41) is -0.149. The lowest BCUT2D eigenvalue weighted by Crippen LogP contribution is -2.47. The molecule has 1 aliphatic rings. The van der Waals surface area contributed by atoms with Crippen molar-refractivity contribution in [2.24, 2.45) is 0 Å². The monoisotopic (exact) mass is 719 g/mol. The zero-order chi connectivity index (χ0) is 35.7. The van der Waals surface area contributed by atoms with Crippen LogP contribution in [0.15, 0.2) is 65.6 Å². The molecule has 0 radical (unpaired) electrons. The number of anilines is 2. The highest BCUT2D eigenvalue weighted by Gasteiger charge is 2.36. The van der Waals surface area contributed by atoms with Gasteiger partial charge in [-0.2, -0.15) is 13.2 Å². The van der Waals surface area contributed by atoms with Gasteiger partial charge in [0.2, 0.25) is 0 Å². The normalized spacial score (nSPS) is 14.2. The van der Waals surface area contributed by atoms with Crippen molar-refractivity contribution in [3.63, 3.8) is 0 Å². The molecule has 0 saturated carbocycles. The molecule has 16 heteroatoms. The van der Waals surface area contributed by atoms with Gasteiger partial charge in [0.05, 0.1) is 28.4 Å². The molecule has 1 aliphatic heterocycles. The SMILES string of the molecule is CN(CCN1CCN(S(=O)(=O)c2cccc(OC(F)(F)F)c2)c2cc(/C=C/c3c(Cl)cccc3C(F)(F)F)ccc21)C(=O)OC(C)(C)C. The predicted molar refractivity (Wildman–Crippen MR) is 171 cm³/mol. The molecule has 8 nitrogen and oxygen atoms in total. The molecular formula is C32H32ClF6N3O5S. The third kappa shape index (κ3) is 9.07. The van der Waals surface area contributed by atoms with Gasteiger partial charge in [0.1, 0.15) is 11.4 Å². The number of hydrogen-bond donors (Lipinski definition) is 0. The highest BCUT2D eigenvalue weighted by molar-refractivity contribution is 7.92. The van der Waals surface area contributed by atoms with Gasteiger partial charge >= 0.3 is 18.6 Å². The quantitative estimate of drug-likeness (QED) is 0.172. The van der Waals surface area contributed by atoms with Gasteiger partial charge in [-0.25, -0.2) is 13.2 Å². The number of sulfonamides is 1. The molecule has 0 N–H and O–H groups in total. The molecule has 1 amide bonds. The van der Waals surface area contributed by atoms with Crippen LogP contribution in [0.2, 0.25) is 5.02 Å². The summed E-state index contributed by atoms with van der Waals surface area (Å²) in [5.41, 5.74) is -1.16. The fourth-order valence-electron chi connectivity index (χ4n) is 4.84. The molecular weight excluding hydrogens is 688 g/mol. The van der Waals surface area contributed by atoms with E-state index in [1.807, 2.05) is 4.90 Å². The first-order valence-corrected chi connectivity index (χ1v) is 16.2. The molecule has 4 rings (SSSR count). The zero-order valence-electron chi connectivity index (χ0n) is 26.2. The topological polar surface area (TPSA) is 79.4 Å². The van der Waals surface area contributed by atoms with Crippen molar-refractivity contribution >= 4 is 51.2 Å². The molecule has 48 heavy (non-hydrogen) atoms. The minimum absolute atomic E-state index is 0.112. The zero-order valence-corrected chi connectivity index (χ0v) is 27.8. The minimum Gasteiger partial charge on any atom is -0.444 e. The lowest BCUT2D eigenvalue weighted by molar-refractivity contribution is -0.274. The molecule has 260 valence electrons. The van der Waals surface area contributed by atoms with Crippen LogP contribution < -0.4 is 13.9 Å². The summed E-state index contributed by atoms with van der Waals surface area (Å²) < 4.78 is 118. The number of nitrogens with zero attached hydrogens (tertiary/aromatic N) is 3. The molecule has 0 bridgehead atoms. The largest absolute Gasteiger partial charge is 0.573 e. The van der Waals surface area contributed by atoms with Crippen molar-refractivity contribution in [1.29, 1.82) is 0 Å². The van der Waals surface area contributed by atoms with Crippen LogP contribution in [-0.4, -0.2) is 64.6 Å². The molecule has 0 spiro atoms. The van der Waals surface area contributed by atoms with Crippen LogP contribution in [0.3, 0.4) is 0 Å². The van der Waals surface area contributed by atoms with Crippen LogP contribution in [0.4, 0.5) is 42.5 Å². The van der Waals surface area contributed by atoms with E-state index in [1.54, 1.807) is 40.0 Å². The molecule has 1 heterocycles. The smallest absolute Gasteiger partial charge is 0.444 e. The molecule has 3 aromatic rings. The van der Waals surface area contributed by atoms with Gasteiger partial charge in [-0.05, 0) is 62.7 Å². The highest BCUT2D eigenvalue weighted by atomic mass is 35.5. The molecule has 3 aromatic carbocycles. The molecule has 0 aromatic heterocycles. The lowest BCUT2D eigenvalue weighted by Gasteiger charge is -2.39. The van der Waals surface area contributed by atoms with E-state index < -0.39 is 50.5 Å². The molecule has 0 aliphatic carbocycles. The summed E-state index contributed by atoms with van der Waals surface area (Å²) in [6, 6.07) is 11.9. The van der Waals surface area contributed by atoms with Crippen molar-refractivity contribution in [1.82, 2.24) is 4.90 Å². The summed E-state index contributed by atoms with van der Waals surface area (Å²) in [5.74, 6) is -0.732. The number of amides is 1. The van der Waals surface area contributed by atoms with Gasteiger partial charge in [-0.3, -0.25) is 4.31 Å². The summed E-state index contributed by atoms with van der Waals surface area (Å²) in [6.45, 7) is 5.59. The third-order valence-electron chi connectivity index (χ3n) is 7.02. The first-order valence-electron chi connectivity index (χ1n) is 14.4. The maximum atomic E-state index is 13.9. The van der Waals surface area contributed by atoms with E-state index in [0.717, 1.165) is 34.6 Å².